The summed E-state index contributed by atoms with van der Waals surface area (Å²) in [7, 11) is -2.54. The average Bonchev–Trinajstić information content (AvgIpc) is 2.30. The summed E-state index contributed by atoms with van der Waals surface area (Å²) in [5.41, 5.74) is 0. The van der Waals surface area contributed by atoms with Crippen LogP contribution < -0.4 is 0 Å². The quantitative estimate of drug-likeness (QED) is 0.443. The van der Waals surface area contributed by atoms with E-state index in [9.17, 15) is 13.2 Å². The van der Waals surface area contributed by atoms with Crippen LogP contribution in [0.2, 0.25) is 0 Å². The van der Waals surface area contributed by atoms with Gasteiger partial charge in [0.1, 0.15) is 0 Å². The average molecular weight is 267 g/mol. The van der Waals surface area contributed by atoms with Crippen LogP contribution in [0.5, 0.6) is 0 Å². The van der Waals surface area contributed by atoms with E-state index < -0.39 is 16.1 Å². The van der Waals surface area contributed by atoms with E-state index in [1.54, 1.807) is 18.2 Å². The zero-order valence-corrected chi connectivity index (χ0v) is 12.6. The van der Waals surface area contributed by atoms with E-state index in [-0.39, 0.29) is 47.5 Å². The molecule has 0 aromatic heterocycles. The molecular formula is C10H12NaO5S. The second-order valence-electron chi connectivity index (χ2n) is 2.92. The fourth-order valence-electron chi connectivity index (χ4n) is 0.992. The summed E-state index contributed by atoms with van der Waals surface area (Å²) in [6.07, 6.45) is -0.0947. The minimum Gasteiger partial charge on any atom is -0.469 e. The number of benzene rings is 1. The minimum atomic E-state index is -3.77. The normalized spacial score (nSPS) is 10.4. The van der Waals surface area contributed by atoms with Gasteiger partial charge in [-0.2, -0.15) is 8.42 Å². The third kappa shape index (κ3) is 5.65. The van der Waals surface area contributed by atoms with Gasteiger partial charge in [-0.1, -0.05) is 18.2 Å². The smallest absolute Gasteiger partial charge is 0.307 e. The number of ether oxygens (including phenoxy) is 1. The maximum Gasteiger partial charge on any atom is 0.307 e. The molecule has 0 spiro atoms. The molecule has 0 aliphatic carbocycles. The molecule has 7 heteroatoms. The topological polar surface area (TPSA) is 69.7 Å². The summed E-state index contributed by atoms with van der Waals surface area (Å²) in [6.45, 7) is -0.218. The maximum absolute atomic E-state index is 11.5. The molecule has 0 aliphatic rings. The third-order valence-corrected chi connectivity index (χ3v) is 3.13. The zero-order chi connectivity index (χ0) is 12.0. The number of rotatable bonds is 5. The number of hydrogen-bond donors (Lipinski definition) is 0. The Morgan fingerprint density at radius 2 is 1.82 bits per heavy atom. The van der Waals surface area contributed by atoms with Crippen molar-refractivity contribution in [3.05, 3.63) is 30.3 Å². The molecule has 0 saturated carbocycles. The van der Waals surface area contributed by atoms with Gasteiger partial charge in [-0.25, -0.2) is 0 Å². The summed E-state index contributed by atoms with van der Waals surface area (Å²) < 4.78 is 32.1. The van der Waals surface area contributed by atoms with Crippen molar-refractivity contribution in [3.63, 3.8) is 0 Å². The molecule has 5 nitrogen and oxygen atoms in total. The van der Waals surface area contributed by atoms with E-state index in [0.29, 0.717) is 0 Å². The monoisotopic (exact) mass is 267 g/mol. The number of carbonyl (C=O) groups is 1. The predicted octanol–water partition coefficient (Wildman–Crippen LogP) is 0.574. The summed E-state index contributed by atoms with van der Waals surface area (Å²) in [5, 5.41) is 0. The van der Waals surface area contributed by atoms with Gasteiger partial charge in [-0.05, 0) is 12.1 Å². The first-order chi connectivity index (χ1) is 7.56. The SMILES string of the molecule is COC(=O)CCOS(=O)(=O)c1ccccc1.[Na]. The molecule has 0 aliphatic heterocycles. The van der Waals surface area contributed by atoms with Crippen LogP contribution in [0.1, 0.15) is 6.42 Å². The molecule has 89 valence electrons. The van der Waals surface area contributed by atoms with Crippen LogP contribution in [-0.2, 0) is 23.8 Å². The van der Waals surface area contributed by atoms with E-state index >= 15 is 0 Å². The van der Waals surface area contributed by atoms with Gasteiger partial charge in [0.25, 0.3) is 10.1 Å². The van der Waals surface area contributed by atoms with Crippen molar-refractivity contribution in [1.29, 1.82) is 0 Å². The molecule has 0 fully saturated rings. The van der Waals surface area contributed by atoms with Gasteiger partial charge in [0.05, 0.1) is 25.0 Å². The molecular weight excluding hydrogens is 255 g/mol. The standard InChI is InChI=1S/C10H12O5S.Na/c1-14-10(11)7-8-15-16(12,13)9-5-3-2-4-6-9;/h2-6H,7-8H2,1H3;. The van der Waals surface area contributed by atoms with E-state index in [2.05, 4.69) is 8.92 Å². The van der Waals surface area contributed by atoms with Crippen molar-refractivity contribution in [3.8, 4) is 0 Å². The largest absolute Gasteiger partial charge is 0.469 e. The Kier molecular flexibility index (Phi) is 7.65. The molecule has 0 N–H and O–H groups in total. The van der Waals surface area contributed by atoms with Gasteiger partial charge >= 0.3 is 5.97 Å². The molecule has 17 heavy (non-hydrogen) atoms. The van der Waals surface area contributed by atoms with Crippen molar-refractivity contribution >= 4 is 45.6 Å². The Bertz CT molecular complexity index is 443. The Labute approximate surface area is 123 Å². The molecule has 0 heterocycles. The fourth-order valence-corrected chi connectivity index (χ4v) is 1.92. The Morgan fingerprint density at radius 3 is 2.35 bits per heavy atom. The number of hydrogen-bond acceptors (Lipinski definition) is 5. The van der Waals surface area contributed by atoms with Crippen LogP contribution in [0.15, 0.2) is 35.2 Å². The van der Waals surface area contributed by atoms with Crippen LogP contribution in [0.4, 0.5) is 0 Å². The Hall–Kier alpha value is -0.400. The van der Waals surface area contributed by atoms with Crippen molar-refractivity contribution in [2.75, 3.05) is 13.7 Å². The van der Waals surface area contributed by atoms with Gasteiger partial charge in [0.15, 0.2) is 0 Å². The molecule has 0 unspecified atom stereocenters. The summed E-state index contributed by atoms with van der Waals surface area (Å²) in [6, 6.07) is 7.74. The Morgan fingerprint density at radius 1 is 1.24 bits per heavy atom. The molecule has 0 saturated heterocycles. The summed E-state index contributed by atoms with van der Waals surface area (Å²) in [4.78, 5) is 10.8. The van der Waals surface area contributed by atoms with Crippen LogP contribution in [0.25, 0.3) is 0 Å². The first-order valence-corrected chi connectivity index (χ1v) is 5.98. The third-order valence-electron chi connectivity index (χ3n) is 1.80. The first-order valence-electron chi connectivity index (χ1n) is 4.57. The van der Waals surface area contributed by atoms with E-state index in [0.717, 1.165) is 0 Å². The van der Waals surface area contributed by atoms with Gasteiger partial charge in [0, 0.05) is 29.6 Å². The van der Waals surface area contributed by atoms with Crippen molar-refractivity contribution < 1.29 is 22.1 Å². The van der Waals surface area contributed by atoms with Crippen LogP contribution in [-0.4, -0.2) is 57.7 Å². The fraction of sp³-hybridized carbons (Fsp3) is 0.300. The van der Waals surface area contributed by atoms with E-state index in [1.165, 1.54) is 19.2 Å². The van der Waals surface area contributed by atoms with E-state index in [4.69, 9.17) is 0 Å². The molecule has 0 bridgehead atoms. The van der Waals surface area contributed by atoms with Crippen molar-refractivity contribution in [1.82, 2.24) is 0 Å². The van der Waals surface area contributed by atoms with Crippen molar-refractivity contribution in [2.24, 2.45) is 0 Å². The molecule has 1 aromatic carbocycles. The zero-order valence-electron chi connectivity index (χ0n) is 9.75. The second kappa shape index (κ2) is 7.84. The summed E-state index contributed by atoms with van der Waals surface area (Å²) in [5.74, 6) is -0.511. The molecule has 1 aromatic rings. The Balaban J connectivity index is 0.00000256. The van der Waals surface area contributed by atoms with E-state index in [1.807, 2.05) is 0 Å². The summed E-state index contributed by atoms with van der Waals surface area (Å²) >= 11 is 0. The minimum absolute atomic E-state index is 0. The second-order valence-corrected chi connectivity index (χ2v) is 4.53. The van der Waals surface area contributed by atoms with Crippen LogP contribution in [0, 0.1) is 0 Å². The van der Waals surface area contributed by atoms with Gasteiger partial charge in [0.2, 0.25) is 0 Å². The van der Waals surface area contributed by atoms with Crippen LogP contribution in [0.3, 0.4) is 0 Å². The van der Waals surface area contributed by atoms with Gasteiger partial charge in [-0.3, -0.25) is 8.98 Å². The number of methoxy groups -OCH3 is 1. The maximum atomic E-state index is 11.5. The van der Waals surface area contributed by atoms with Gasteiger partial charge < -0.3 is 4.74 Å². The van der Waals surface area contributed by atoms with Crippen LogP contribution >= 0.6 is 0 Å². The molecule has 0 atom stereocenters. The molecule has 0 amide bonds. The molecule has 1 radical (unpaired) electrons. The number of carbonyl (C=O) groups excluding carboxylic acids is 1. The number of esters is 1. The van der Waals surface area contributed by atoms with Gasteiger partial charge in [-0.15, -0.1) is 0 Å². The molecule has 1 rings (SSSR count). The predicted molar refractivity (Wildman–Crippen MR) is 62.0 cm³/mol. The first kappa shape index (κ1) is 16.6. The van der Waals surface area contributed by atoms with Crippen molar-refractivity contribution in [2.45, 2.75) is 11.3 Å².